The molecule has 0 aromatic heterocycles. The molecule has 0 aliphatic carbocycles. The summed E-state index contributed by atoms with van der Waals surface area (Å²) in [6.07, 6.45) is -12.9. The van der Waals surface area contributed by atoms with Gasteiger partial charge in [-0.2, -0.15) is 26.3 Å². The van der Waals surface area contributed by atoms with E-state index in [2.05, 4.69) is 9.47 Å². The maximum absolute atomic E-state index is 13.8. The van der Waals surface area contributed by atoms with Gasteiger partial charge in [-0.3, -0.25) is 0 Å². The minimum absolute atomic E-state index is 0.0809. The van der Waals surface area contributed by atoms with Crippen LogP contribution in [-0.4, -0.2) is 62.4 Å². The Morgan fingerprint density at radius 1 is 0.543 bits per heavy atom. The first-order chi connectivity index (χ1) is 15.9. The Hall–Kier alpha value is -4.50. The summed E-state index contributed by atoms with van der Waals surface area (Å²) in [5.74, 6) is -16.2. The van der Waals surface area contributed by atoms with Crippen molar-refractivity contribution in [3.63, 3.8) is 0 Å². The standard InChI is InChI=1S/C19H10F6O10/c20-18(21,22)17(19(23,24)25,34-7-1-3-9(13(26)27)11(5-7)15(30)31)35-8-2-4-10(14(28)29)12(6-8)16(32)33/h1-6H,(H,26,27)(H,28,29)(H,30,31)(H,32,33). The molecule has 0 amide bonds. The Kier molecular flexibility index (Phi) is 6.90. The van der Waals surface area contributed by atoms with Gasteiger partial charge in [-0.05, 0) is 36.4 Å². The van der Waals surface area contributed by atoms with Crippen LogP contribution in [0.4, 0.5) is 26.3 Å². The second-order valence-corrected chi connectivity index (χ2v) is 6.45. The van der Waals surface area contributed by atoms with E-state index >= 15 is 0 Å². The summed E-state index contributed by atoms with van der Waals surface area (Å²) in [7, 11) is 0. The van der Waals surface area contributed by atoms with Gasteiger partial charge in [0.1, 0.15) is 11.5 Å². The molecule has 0 aliphatic rings. The lowest BCUT2D eigenvalue weighted by molar-refractivity contribution is -0.422. The zero-order chi connectivity index (χ0) is 26.9. The van der Waals surface area contributed by atoms with Crippen molar-refractivity contribution < 1.29 is 75.4 Å². The van der Waals surface area contributed by atoms with E-state index in [4.69, 9.17) is 20.4 Å². The van der Waals surface area contributed by atoms with E-state index in [1.807, 2.05) is 0 Å². The third kappa shape index (κ3) is 5.20. The second kappa shape index (κ2) is 9.03. The molecule has 2 rings (SSSR count). The number of ether oxygens (including phenoxy) is 2. The molecule has 0 radical (unpaired) electrons. The first-order valence-corrected chi connectivity index (χ1v) is 8.64. The van der Waals surface area contributed by atoms with Crippen molar-refractivity contribution >= 4 is 23.9 Å². The summed E-state index contributed by atoms with van der Waals surface area (Å²) in [4.78, 5) is 44.6. The summed E-state index contributed by atoms with van der Waals surface area (Å²) in [5.41, 5.74) is -4.39. The minimum Gasteiger partial charge on any atom is -0.478 e. The molecule has 16 heteroatoms. The third-order valence-corrected chi connectivity index (χ3v) is 4.17. The Morgan fingerprint density at radius 3 is 1.06 bits per heavy atom. The number of carbonyl (C=O) groups is 4. The maximum atomic E-state index is 13.8. The molecule has 0 saturated carbocycles. The number of rotatable bonds is 8. The lowest BCUT2D eigenvalue weighted by atomic mass is 10.1. The highest BCUT2D eigenvalue weighted by atomic mass is 19.4. The molecular weight excluding hydrogens is 502 g/mol. The van der Waals surface area contributed by atoms with Gasteiger partial charge in [0, 0.05) is 0 Å². The molecule has 4 N–H and O–H groups in total. The van der Waals surface area contributed by atoms with E-state index < -0.39 is 75.8 Å². The van der Waals surface area contributed by atoms with Gasteiger partial charge in [0.25, 0.3) is 0 Å². The number of alkyl halides is 6. The fourth-order valence-electron chi connectivity index (χ4n) is 2.65. The fraction of sp³-hybridized carbons (Fsp3) is 0.158. The highest BCUT2D eigenvalue weighted by molar-refractivity contribution is 6.02. The summed E-state index contributed by atoms with van der Waals surface area (Å²) in [6, 6.07) is 1.53. The van der Waals surface area contributed by atoms with Gasteiger partial charge in [0.05, 0.1) is 22.3 Å². The summed E-state index contributed by atoms with van der Waals surface area (Å²) in [5, 5.41) is 36.0. The summed E-state index contributed by atoms with van der Waals surface area (Å²) in [6.45, 7) is 0. The van der Waals surface area contributed by atoms with Crippen LogP contribution in [0.15, 0.2) is 36.4 Å². The van der Waals surface area contributed by atoms with E-state index in [0.717, 1.165) is 0 Å². The quantitative estimate of drug-likeness (QED) is 0.302. The second-order valence-electron chi connectivity index (χ2n) is 6.45. The number of aromatic carboxylic acids is 4. The van der Waals surface area contributed by atoms with Crippen molar-refractivity contribution in [3.8, 4) is 11.5 Å². The Bertz CT molecular complexity index is 1110. The molecule has 35 heavy (non-hydrogen) atoms. The number of benzene rings is 2. The predicted molar refractivity (Wildman–Crippen MR) is 96.8 cm³/mol. The lowest BCUT2D eigenvalue weighted by Gasteiger charge is -2.36. The zero-order valence-electron chi connectivity index (χ0n) is 16.5. The number of hydrogen-bond donors (Lipinski definition) is 4. The van der Waals surface area contributed by atoms with E-state index in [1.54, 1.807) is 0 Å². The van der Waals surface area contributed by atoms with E-state index in [9.17, 15) is 45.5 Å². The van der Waals surface area contributed by atoms with Crippen LogP contribution in [0.1, 0.15) is 41.4 Å². The molecule has 0 atom stereocenters. The third-order valence-electron chi connectivity index (χ3n) is 4.17. The zero-order valence-corrected chi connectivity index (χ0v) is 16.5. The Labute approximate surface area is 188 Å². The van der Waals surface area contributed by atoms with E-state index in [-0.39, 0.29) is 12.1 Å². The normalized spacial score (nSPS) is 12.1. The number of carboxylic acid groups (broad SMARTS) is 4. The first kappa shape index (κ1) is 26.7. The van der Waals surface area contributed by atoms with Crippen LogP contribution in [0.2, 0.25) is 0 Å². The van der Waals surface area contributed by atoms with Crippen molar-refractivity contribution in [1.29, 1.82) is 0 Å². The van der Waals surface area contributed by atoms with Gasteiger partial charge in [-0.1, -0.05) is 0 Å². The van der Waals surface area contributed by atoms with Gasteiger partial charge in [-0.15, -0.1) is 0 Å². The van der Waals surface area contributed by atoms with Crippen LogP contribution in [0.3, 0.4) is 0 Å². The van der Waals surface area contributed by atoms with Crippen LogP contribution in [0, 0.1) is 0 Å². The predicted octanol–water partition coefficient (Wildman–Crippen LogP) is 3.76. The van der Waals surface area contributed by atoms with Crippen LogP contribution in [0.5, 0.6) is 11.5 Å². The van der Waals surface area contributed by atoms with Gasteiger partial charge >= 0.3 is 42.0 Å². The van der Waals surface area contributed by atoms with Crippen LogP contribution >= 0.6 is 0 Å². The maximum Gasteiger partial charge on any atom is 0.478 e. The lowest BCUT2D eigenvalue weighted by Crippen LogP contribution is -2.65. The fourth-order valence-corrected chi connectivity index (χ4v) is 2.65. The molecule has 0 aliphatic heterocycles. The van der Waals surface area contributed by atoms with Crippen LogP contribution in [-0.2, 0) is 0 Å². The largest absolute Gasteiger partial charge is 0.478 e. The summed E-state index contributed by atoms with van der Waals surface area (Å²) < 4.78 is 90.8. The number of carboxylic acids is 4. The van der Waals surface area contributed by atoms with E-state index in [1.165, 1.54) is 0 Å². The highest BCUT2D eigenvalue weighted by Gasteiger charge is 2.77. The first-order valence-electron chi connectivity index (χ1n) is 8.64. The Balaban J connectivity index is 2.72. The van der Waals surface area contributed by atoms with Crippen molar-refractivity contribution in [3.05, 3.63) is 58.7 Å². The monoisotopic (exact) mass is 512 g/mol. The topological polar surface area (TPSA) is 168 Å². The van der Waals surface area contributed by atoms with Gasteiger partial charge in [0.2, 0.25) is 0 Å². The van der Waals surface area contributed by atoms with Gasteiger partial charge < -0.3 is 29.9 Å². The molecule has 0 spiro atoms. The van der Waals surface area contributed by atoms with Crippen LogP contribution in [0.25, 0.3) is 0 Å². The number of halogens is 6. The molecule has 0 bridgehead atoms. The molecule has 0 unspecified atom stereocenters. The highest BCUT2D eigenvalue weighted by Crippen LogP contribution is 2.47. The van der Waals surface area contributed by atoms with Gasteiger partial charge in [-0.25, -0.2) is 19.2 Å². The molecule has 2 aromatic rings. The minimum atomic E-state index is -6.45. The van der Waals surface area contributed by atoms with Crippen molar-refractivity contribution in [2.45, 2.75) is 18.1 Å². The molecule has 2 aromatic carbocycles. The van der Waals surface area contributed by atoms with Crippen LogP contribution < -0.4 is 9.47 Å². The molecule has 10 nitrogen and oxygen atoms in total. The van der Waals surface area contributed by atoms with E-state index in [0.29, 0.717) is 24.3 Å². The van der Waals surface area contributed by atoms with Crippen molar-refractivity contribution in [1.82, 2.24) is 0 Å². The molecular formula is C19H10F6O10. The average Bonchev–Trinajstić information content (AvgIpc) is 2.70. The number of hydrogen-bond acceptors (Lipinski definition) is 6. The molecule has 0 saturated heterocycles. The van der Waals surface area contributed by atoms with Crippen molar-refractivity contribution in [2.24, 2.45) is 0 Å². The van der Waals surface area contributed by atoms with Crippen molar-refractivity contribution in [2.75, 3.05) is 0 Å². The molecule has 0 fully saturated rings. The molecule has 188 valence electrons. The summed E-state index contributed by atoms with van der Waals surface area (Å²) >= 11 is 0. The smallest absolute Gasteiger partial charge is 0.478 e. The average molecular weight is 512 g/mol. The SMILES string of the molecule is O=C(O)c1ccc(OC(Oc2ccc(C(=O)O)c(C(=O)O)c2)(C(F)(F)F)C(F)(F)F)cc1C(=O)O. The molecule has 0 heterocycles. The Morgan fingerprint density at radius 2 is 0.829 bits per heavy atom. The van der Waals surface area contributed by atoms with Gasteiger partial charge in [0.15, 0.2) is 0 Å².